The lowest BCUT2D eigenvalue weighted by atomic mass is 10.3. The molecule has 0 atom stereocenters. The van der Waals surface area contributed by atoms with Gasteiger partial charge in [-0.2, -0.15) is 0 Å². The van der Waals surface area contributed by atoms with E-state index in [9.17, 15) is 4.79 Å². The van der Waals surface area contributed by atoms with Gasteiger partial charge in [-0.05, 0) is 25.5 Å². The van der Waals surface area contributed by atoms with Gasteiger partial charge in [0.2, 0.25) is 5.91 Å². The zero-order chi connectivity index (χ0) is 14.5. The Kier molecular flexibility index (Phi) is 4.95. The number of nitrogens with one attached hydrogen (secondary N) is 1. The maximum Gasteiger partial charge on any atom is 0.221 e. The molecule has 0 radical (unpaired) electrons. The van der Waals surface area contributed by atoms with Gasteiger partial charge in [0.1, 0.15) is 11.3 Å². The van der Waals surface area contributed by atoms with Crippen molar-refractivity contribution in [3.05, 3.63) is 23.7 Å². The molecule has 0 saturated carbocycles. The number of alkyl halides is 1. The SMILES string of the molecule is CCNC(=O)CCn1c(CCCl)nc2c(C)ccnc21. The monoisotopic (exact) mass is 294 g/mol. The molecule has 6 heteroatoms. The van der Waals surface area contributed by atoms with Crippen molar-refractivity contribution in [2.24, 2.45) is 0 Å². The Morgan fingerprint density at radius 3 is 3.00 bits per heavy atom. The van der Waals surface area contributed by atoms with Crippen molar-refractivity contribution in [1.82, 2.24) is 19.9 Å². The van der Waals surface area contributed by atoms with Gasteiger partial charge in [0, 0.05) is 38.0 Å². The summed E-state index contributed by atoms with van der Waals surface area (Å²) in [7, 11) is 0. The van der Waals surface area contributed by atoms with Crippen molar-refractivity contribution in [1.29, 1.82) is 0 Å². The number of imidazole rings is 1. The fourth-order valence-electron chi connectivity index (χ4n) is 2.19. The van der Waals surface area contributed by atoms with Crippen LogP contribution in [0.1, 0.15) is 24.7 Å². The Bertz CT molecular complexity index is 608. The van der Waals surface area contributed by atoms with E-state index in [2.05, 4.69) is 15.3 Å². The summed E-state index contributed by atoms with van der Waals surface area (Å²) in [6.07, 6.45) is 2.86. The third kappa shape index (κ3) is 3.10. The van der Waals surface area contributed by atoms with Gasteiger partial charge in [-0.15, -0.1) is 11.6 Å². The quantitative estimate of drug-likeness (QED) is 0.830. The second-order valence-electron chi connectivity index (χ2n) is 4.62. The number of carbonyl (C=O) groups is 1. The zero-order valence-electron chi connectivity index (χ0n) is 11.8. The van der Waals surface area contributed by atoms with Gasteiger partial charge in [-0.1, -0.05) is 0 Å². The van der Waals surface area contributed by atoms with Gasteiger partial charge < -0.3 is 9.88 Å². The first kappa shape index (κ1) is 14.8. The topological polar surface area (TPSA) is 59.8 Å². The van der Waals surface area contributed by atoms with E-state index < -0.39 is 0 Å². The Morgan fingerprint density at radius 1 is 1.50 bits per heavy atom. The van der Waals surface area contributed by atoms with Gasteiger partial charge >= 0.3 is 0 Å². The fraction of sp³-hybridized carbons (Fsp3) is 0.500. The highest BCUT2D eigenvalue weighted by Gasteiger charge is 2.13. The maximum absolute atomic E-state index is 11.6. The molecule has 20 heavy (non-hydrogen) atoms. The summed E-state index contributed by atoms with van der Waals surface area (Å²) in [6.45, 7) is 5.14. The standard InChI is InChI=1S/C14H19ClN4O/c1-3-16-12(20)6-9-19-11(4-7-15)18-13-10(2)5-8-17-14(13)19/h5,8H,3-4,6-7,9H2,1-2H3,(H,16,20). The summed E-state index contributed by atoms with van der Waals surface area (Å²) in [5, 5.41) is 2.80. The minimum atomic E-state index is 0.0406. The van der Waals surface area contributed by atoms with Gasteiger partial charge in [-0.3, -0.25) is 4.79 Å². The van der Waals surface area contributed by atoms with Crippen LogP contribution in [0.2, 0.25) is 0 Å². The molecule has 0 unspecified atom stereocenters. The first-order valence-corrected chi connectivity index (χ1v) is 7.34. The number of nitrogens with zero attached hydrogens (tertiary/aromatic N) is 3. The lowest BCUT2D eigenvalue weighted by Gasteiger charge is -2.07. The third-order valence-electron chi connectivity index (χ3n) is 3.17. The number of aromatic nitrogens is 3. The molecule has 0 saturated heterocycles. The predicted molar refractivity (Wildman–Crippen MR) is 80.0 cm³/mol. The molecule has 0 fully saturated rings. The number of rotatable bonds is 6. The van der Waals surface area contributed by atoms with E-state index in [0.717, 1.165) is 22.6 Å². The van der Waals surface area contributed by atoms with Crippen molar-refractivity contribution >= 4 is 28.7 Å². The third-order valence-corrected chi connectivity index (χ3v) is 3.36. The minimum absolute atomic E-state index is 0.0406. The molecule has 0 aliphatic carbocycles. The van der Waals surface area contributed by atoms with Crippen LogP contribution in [-0.2, 0) is 17.8 Å². The summed E-state index contributed by atoms with van der Waals surface area (Å²) in [5.74, 6) is 1.43. The van der Waals surface area contributed by atoms with Crippen molar-refractivity contribution in [2.45, 2.75) is 33.2 Å². The second-order valence-corrected chi connectivity index (χ2v) is 5.00. The highest BCUT2D eigenvalue weighted by molar-refractivity contribution is 6.17. The summed E-state index contributed by atoms with van der Waals surface area (Å²) >= 11 is 5.83. The largest absolute Gasteiger partial charge is 0.356 e. The molecule has 2 rings (SSSR count). The number of carbonyl (C=O) groups excluding carboxylic acids is 1. The number of amides is 1. The number of hydrogen-bond acceptors (Lipinski definition) is 3. The summed E-state index contributed by atoms with van der Waals surface area (Å²) < 4.78 is 2.00. The van der Waals surface area contributed by atoms with Crippen LogP contribution < -0.4 is 5.32 Å². The van der Waals surface area contributed by atoms with E-state index in [0.29, 0.717) is 31.8 Å². The summed E-state index contributed by atoms with van der Waals surface area (Å²) in [5.41, 5.74) is 2.81. The average molecular weight is 295 g/mol. The van der Waals surface area contributed by atoms with Gasteiger partial charge in [0.15, 0.2) is 5.65 Å². The average Bonchev–Trinajstić information content (AvgIpc) is 2.77. The molecule has 0 spiro atoms. The molecule has 0 bridgehead atoms. The van der Waals surface area contributed by atoms with Crippen molar-refractivity contribution in [3.63, 3.8) is 0 Å². The van der Waals surface area contributed by atoms with Gasteiger partial charge in [0.25, 0.3) is 0 Å². The van der Waals surface area contributed by atoms with Crippen molar-refractivity contribution in [2.75, 3.05) is 12.4 Å². The number of pyridine rings is 1. The lowest BCUT2D eigenvalue weighted by molar-refractivity contribution is -0.121. The number of fused-ring (bicyclic) bond motifs is 1. The molecule has 2 aromatic rings. The van der Waals surface area contributed by atoms with Gasteiger partial charge in [0.05, 0.1) is 0 Å². The molecule has 0 aliphatic heterocycles. The van der Waals surface area contributed by atoms with E-state index in [1.54, 1.807) is 6.20 Å². The molecule has 1 amide bonds. The van der Waals surface area contributed by atoms with Crippen LogP contribution in [-0.4, -0.2) is 32.9 Å². The Hall–Kier alpha value is -1.62. The number of halogens is 1. The highest BCUT2D eigenvalue weighted by Crippen LogP contribution is 2.18. The van der Waals surface area contributed by atoms with Crippen LogP contribution in [0.4, 0.5) is 0 Å². The molecular formula is C14H19ClN4O. The molecular weight excluding hydrogens is 276 g/mol. The Morgan fingerprint density at radius 2 is 2.30 bits per heavy atom. The summed E-state index contributed by atoms with van der Waals surface area (Å²) in [6, 6.07) is 1.94. The molecule has 108 valence electrons. The minimum Gasteiger partial charge on any atom is -0.356 e. The van der Waals surface area contributed by atoms with Crippen LogP contribution in [0.5, 0.6) is 0 Å². The predicted octanol–water partition coefficient (Wildman–Crippen LogP) is 2.05. The van der Waals surface area contributed by atoms with Crippen molar-refractivity contribution < 1.29 is 4.79 Å². The first-order chi connectivity index (χ1) is 9.67. The number of aryl methyl sites for hydroxylation is 3. The molecule has 0 aliphatic rings. The Balaban J connectivity index is 2.31. The summed E-state index contributed by atoms with van der Waals surface area (Å²) in [4.78, 5) is 20.6. The molecule has 2 heterocycles. The van der Waals surface area contributed by atoms with E-state index in [-0.39, 0.29) is 5.91 Å². The van der Waals surface area contributed by atoms with E-state index in [1.165, 1.54) is 0 Å². The maximum atomic E-state index is 11.6. The zero-order valence-corrected chi connectivity index (χ0v) is 12.6. The van der Waals surface area contributed by atoms with Crippen LogP contribution in [0.15, 0.2) is 12.3 Å². The van der Waals surface area contributed by atoms with Crippen LogP contribution >= 0.6 is 11.6 Å². The van der Waals surface area contributed by atoms with E-state index in [1.807, 2.05) is 24.5 Å². The van der Waals surface area contributed by atoms with Crippen molar-refractivity contribution in [3.8, 4) is 0 Å². The molecule has 1 N–H and O–H groups in total. The lowest BCUT2D eigenvalue weighted by Crippen LogP contribution is -2.24. The highest BCUT2D eigenvalue weighted by atomic mass is 35.5. The van der Waals surface area contributed by atoms with Crippen LogP contribution in [0, 0.1) is 6.92 Å². The number of hydrogen-bond donors (Lipinski definition) is 1. The second kappa shape index (κ2) is 6.70. The van der Waals surface area contributed by atoms with Crippen LogP contribution in [0.3, 0.4) is 0 Å². The van der Waals surface area contributed by atoms with E-state index in [4.69, 9.17) is 11.6 Å². The first-order valence-electron chi connectivity index (χ1n) is 6.80. The molecule has 5 nitrogen and oxygen atoms in total. The van der Waals surface area contributed by atoms with E-state index >= 15 is 0 Å². The Labute approximate surface area is 123 Å². The fourth-order valence-corrected chi connectivity index (χ4v) is 2.36. The molecule has 0 aromatic carbocycles. The smallest absolute Gasteiger partial charge is 0.221 e. The van der Waals surface area contributed by atoms with Gasteiger partial charge in [-0.25, -0.2) is 9.97 Å². The van der Waals surface area contributed by atoms with Crippen LogP contribution in [0.25, 0.3) is 11.2 Å². The normalized spacial score (nSPS) is 10.9. The molecule has 2 aromatic heterocycles.